The van der Waals surface area contributed by atoms with Crippen LogP contribution in [0.4, 0.5) is 0 Å². The summed E-state index contributed by atoms with van der Waals surface area (Å²) in [6.07, 6.45) is 10.4. The third-order valence-corrected chi connectivity index (χ3v) is 4.26. The minimum atomic E-state index is 0.333. The topological polar surface area (TPSA) is 54.3 Å². The molecule has 0 aliphatic heterocycles. The van der Waals surface area contributed by atoms with Crippen molar-refractivity contribution in [2.24, 2.45) is 11.8 Å². The van der Waals surface area contributed by atoms with Gasteiger partial charge in [-0.3, -0.25) is 0 Å². The lowest BCUT2D eigenvalue weighted by atomic mass is 9.86. The Labute approximate surface area is 164 Å². The Morgan fingerprint density at radius 2 is 2.00 bits per heavy atom. The average Bonchev–Trinajstić information content (AvgIpc) is 2.70. The molecule has 0 spiro atoms. The third kappa shape index (κ3) is 11.1. The molecular weight excluding hydrogens is 336 g/mol. The van der Waals surface area contributed by atoms with Crippen LogP contribution in [0.15, 0.2) is 68.0 Å². The van der Waals surface area contributed by atoms with E-state index in [0.29, 0.717) is 31.6 Å². The molecular formula is C23H32N2O2. The molecule has 0 fully saturated rings. The number of hydrogen-bond acceptors (Lipinski definition) is 4. The summed E-state index contributed by atoms with van der Waals surface area (Å²) in [7, 11) is 0. The van der Waals surface area contributed by atoms with E-state index in [1.807, 2.05) is 24.3 Å². The molecule has 0 aliphatic carbocycles. The smallest absolute Gasteiger partial charge is 0.105 e. The summed E-state index contributed by atoms with van der Waals surface area (Å²) in [5.41, 5.74) is 1.19. The van der Waals surface area contributed by atoms with E-state index in [-0.39, 0.29) is 0 Å². The average molecular weight is 369 g/mol. The molecule has 0 unspecified atom stereocenters. The van der Waals surface area contributed by atoms with Crippen LogP contribution >= 0.6 is 0 Å². The van der Waals surface area contributed by atoms with Gasteiger partial charge in [0, 0.05) is 6.61 Å². The Balaban J connectivity index is 2.49. The molecule has 1 N–H and O–H groups in total. The van der Waals surface area contributed by atoms with Crippen LogP contribution in [-0.2, 0) is 16.1 Å². The first-order valence-corrected chi connectivity index (χ1v) is 9.51. The maximum atomic E-state index is 8.75. The fourth-order valence-electron chi connectivity index (χ4n) is 2.89. The number of allylic oxidation sites excluding steroid dienone is 2. The van der Waals surface area contributed by atoms with Crippen LogP contribution in [0.2, 0.25) is 0 Å². The van der Waals surface area contributed by atoms with Crippen molar-refractivity contribution in [3.8, 4) is 6.07 Å². The van der Waals surface area contributed by atoms with E-state index in [1.54, 1.807) is 12.3 Å². The lowest BCUT2D eigenvalue weighted by molar-refractivity contribution is 0.113. The number of rotatable bonds is 16. The van der Waals surface area contributed by atoms with E-state index < -0.39 is 0 Å². The van der Waals surface area contributed by atoms with Crippen molar-refractivity contribution >= 4 is 0 Å². The van der Waals surface area contributed by atoms with Gasteiger partial charge in [-0.15, -0.1) is 6.58 Å². The minimum absolute atomic E-state index is 0.333. The summed E-state index contributed by atoms with van der Waals surface area (Å²) >= 11 is 0. The Hall–Kier alpha value is -2.35. The van der Waals surface area contributed by atoms with Gasteiger partial charge in [-0.1, -0.05) is 49.1 Å². The second-order valence-corrected chi connectivity index (χ2v) is 6.37. The first-order chi connectivity index (χ1) is 13.3. The fourth-order valence-corrected chi connectivity index (χ4v) is 2.89. The van der Waals surface area contributed by atoms with Gasteiger partial charge in [0.25, 0.3) is 0 Å². The molecule has 0 heterocycles. The largest absolute Gasteiger partial charge is 0.497 e. The number of hydrogen-bond donors (Lipinski definition) is 1. The SMILES string of the molecule is C=CCO/C=C/[C@@H](CCCOCc1ccccc1)[C@H](CC=C)CNCC#N. The van der Waals surface area contributed by atoms with Gasteiger partial charge in [0.05, 0.1) is 25.5 Å². The minimum Gasteiger partial charge on any atom is -0.497 e. The first-order valence-electron chi connectivity index (χ1n) is 9.51. The highest BCUT2D eigenvalue weighted by atomic mass is 16.5. The Morgan fingerprint density at radius 3 is 2.70 bits per heavy atom. The van der Waals surface area contributed by atoms with Crippen molar-refractivity contribution in [1.29, 1.82) is 5.26 Å². The molecule has 1 aromatic rings. The molecule has 0 aromatic heterocycles. The number of ether oxygens (including phenoxy) is 2. The van der Waals surface area contributed by atoms with E-state index in [4.69, 9.17) is 14.7 Å². The van der Waals surface area contributed by atoms with E-state index in [0.717, 1.165) is 32.4 Å². The van der Waals surface area contributed by atoms with Gasteiger partial charge in [-0.25, -0.2) is 0 Å². The number of nitrogens with zero attached hydrogens (tertiary/aromatic N) is 1. The maximum Gasteiger partial charge on any atom is 0.105 e. The zero-order valence-electron chi connectivity index (χ0n) is 16.2. The molecule has 0 saturated carbocycles. The standard InChI is InChI=1S/C23H32N2O2/c1-3-9-23(19-25-15-14-24)22(13-18-26-16-4-2)12-8-17-27-20-21-10-6-5-7-11-21/h3-7,10-11,13,18,22-23,25H,1-2,8-9,12,15-17,19-20H2/b18-13+/t22-,23-/m1/s1. The van der Waals surface area contributed by atoms with Crippen LogP contribution in [0, 0.1) is 23.2 Å². The number of benzene rings is 1. The molecule has 1 aromatic carbocycles. The number of nitrogens with one attached hydrogen (secondary N) is 1. The Morgan fingerprint density at radius 1 is 1.19 bits per heavy atom. The van der Waals surface area contributed by atoms with Crippen LogP contribution < -0.4 is 5.32 Å². The number of nitriles is 1. The lowest BCUT2D eigenvalue weighted by Gasteiger charge is -2.24. The molecule has 0 saturated heterocycles. The molecule has 0 bridgehead atoms. The second kappa shape index (κ2) is 15.9. The highest BCUT2D eigenvalue weighted by Gasteiger charge is 2.18. The van der Waals surface area contributed by atoms with Gasteiger partial charge in [-0.05, 0) is 49.3 Å². The van der Waals surface area contributed by atoms with Crippen molar-refractivity contribution in [2.75, 3.05) is 26.3 Å². The predicted molar refractivity (Wildman–Crippen MR) is 111 cm³/mol. The van der Waals surface area contributed by atoms with E-state index >= 15 is 0 Å². The predicted octanol–water partition coefficient (Wildman–Crippen LogP) is 4.62. The van der Waals surface area contributed by atoms with Gasteiger partial charge in [0.15, 0.2) is 0 Å². The van der Waals surface area contributed by atoms with Crippen molar-refractivity contribution in [3.05, 3.63) is 73.5 Å². The summed E-state index contributed by atoms with van der Waals surface area (Å²) in [5.74, 6) is 0.702. The molecule has 146 valence electrons. The molecule has 0 radical (unpaired) electrons. The van der Waals surface area contributed by atoms with E-state index in [2.05, 4.69) is 42.8 Å². The molecule has 4 nitrogen and oxygen atoms in total. The van der Waals surface area contributed by atoms with E-state index in [9.17, 15) is 0 Å². The van der Waals surface area contributed by atoms with Crippen LogP contribution in [0.5, 0.6) is 0 Å². The first kappa shape index (κ1) is 22.7. The van der Waals surface area contributed by atoms with Crippen molar-refractivity contribution in [1.82, 2.24) is 5.32 Å². The highest BCUT2D eigenvalue weighted by molar-refractivity contribution is 5.13. The van der Waals surface area contributed by atoms with Gasteiger partial charge in [0.2, 0.25) is 0 Å². The van der Waals surface area contributed by atoms with Crippen LogP contribution in [0.25, 0.3) is 0 Å². The van der Waals surface area contributed by atoms with E-state index in [1.165, 1.54) is 5.56 Å². The zero-order chi connectivity index (χ0) is 19.6. The van der Waals surface area contributed by atoms with Crippen molar-refractivity contribution in [3.63, 3.8) is 0 Å². The fraction of sp³-hybridized carbons (Fsp3) is 0.435. The zero-order valence-corrected chi connectivity index (χ0v) is 16.2. The summed E-state index contributed by atoms with van der Waals surface area (Å²) < 4.78 is 11.2. The van der Waals surface area contributed by atoms with Gasteiger partial charge in [-0.2, -0.15) is 5.26 Å². The quantitative estimate of drug-likeness (QED) is 0.200. The second-order valence-electron chi connectivity index (χ2n) is 6.37. The Bertz CT molecular complexity index is 578. The van der Waals surface area contributed by atoms with Crippen LogP contribution in [0.1, 0.15) is 24.8 Å². The summed E-state index contributed by atoms with van der Waals surface area (Å²) in [4.78, 5) is 0. The summed E-state index contributed by atoms with van der Waals surface area (Å²) in [6.45, 7) is 10.5. The van der Waals surface area contributed by atoms with Crippen LogP contribution in [0.3, 0.4) is 0 Å². The molecule has 2 atom stereocenters. The van der Waals surface area contributed by atoms with Crippen LogP contribution in [-0.4, -0.2) is 26.3 Å². The molecule has 4 heteroatoms. The third-order valence-electron chi connectivity index (χ3n) is 4.26. The molecule has 0 amide bonds. The van der Waals surface area contributed by atoms with Gasteiger partial charge >= 0.3 is 0 Å². The van der Waals surface area contributed by atoms with Crippen molar-refractivity contribution < 1.29 is 9.47 Å². The lowest BCUT2D eigenvalue weighted by Crippen LogP contribution is -2.28. The molecule has 1 rings (SSSR count). The maximum absolute atomic E-state index is 8.75. The molecule has 27 heavy (non-hydrogen) atoms. The van der Waals surface area contributed by atoms with Gasteiger partial charge in [0.1, 0.15) is 6.61 Å². The van der Waals surface area contributed by atoms with Crippen molar-refractivity contribution in [2.45, 2.75) is 25.9 Å². The summed E-state index contributed by atoms with van der Waals surface area (Å²) in [5, 5.41) is 11.9. The summed E-state index contributed by atoms with van der Waals surface area (Å²) in [6, 6.07) is 12.3. The highest BCUT2D eigenvalue weighted by Crippen LogP contribution is 2.23. The normalized spacial score (nSPS) is 13.0. The van der Waals surface area contributed by atoms with Gasteiger partial charge < -0.3 is 14.8 Å². The molecule has 0 aliphatic rings. The Kier molecular flexibility index (Phi) is 13.3. The monoisotopic (exact) mass is 368 g/mol.